The lowest BCUT2D eigenvalue weighted by molar-refractivity contribution is -0.142. The van der Waals surface area contributed by atoms with Gasteiger partial charge in [-0.15, -0.1) is 0 Å². The summed E-state index contributed by atoms with van der Waals surface area (Å²) in [6.07, 6.45) is 0. The summed E-state index contributed by atoms with van der Waals surface area (Å²) in [6, 6.07) is 3.04. The highest BCUT2D eigenvalue weighted by Gasteiger charge is 2.18. The Morgan fingerprint density at radius 1 is 1.47 bits per heavy atom. The molecule has 2 unspecified atom stereocenters. The Morgan fingerprint density at radius 3 is 2.65 bits per heavy atom. The molecule has 1 aromatic rings. The van der Waals surface area contributed by atoms with Crippen molar-refractivity contribution in [2.24, 2.45) is 0 Å². The summed E-state index contributed by atoms with van der Waals surface area (Å²) in [5.41, 5.74) is 0.388. The van der Waals surface area contributed by atoms with E-state index in [1.165, 1.54) is 19.2 Å². The molecule has 94 valence electrons. The maximum Gasteiger partial charge on any atom is 0.322 e. The first-order valence-electron chi connectivity index (χ1n) is 5.28. The zero-order chi connectivity index (χ0) is 13.0. The zero-order valence-corrected chi connectivity index (χ0v) is 10.0. The van der Waals surface area contributed by atoms with Crippen LogP contribution in [0.3, 0.4) is 0 Å². The van der Waals surface area contributed by atoms with Gasteiger partial charge in [-0.3, -0.25) is 10.1 Å². The molecule has 0 saturated carbocycles. The van der Waals surface area contributed by atoms with Crippen molar-refractivity contribution >= 4 is 5.97 Å². The van der Waals surface area contributed by atoms with Crippen LogP contribution in [0.5, 0.6) is 5.75 Å². The van der Waals surface area contributed by atoms with Crippen molar-refractivity contribution < 1.29 is 19.0 Å². The first kappa shape index (κ1) is 13.4. The number of benzene rings is 1. The highest BCUT2D eigenvalue weighted by molar-refractivity contribution is 5.75. The average molecular weight is 241 g/mol. The highest BCUT2D eigenvalue weighted by atomic mass is 19.1. The number of ether oxygens (including phenoxy) is 1. The second kappa shape index (κ2) is 5.63. The number of carbonyl (C=O) groups is 1. The number of hydrogen-bond donors (Lipinski definition) is 2. The summed E-state index contributed by atoms with van der Waals surface area (Å²) >= 11 is 0. The van der Waals surface area contributed by atoms with E-state index in [0.29, 0.717) is 5.56 Å². The summed E-state index contributed by atoms with van der Waals surface area (Å²) < 4.78 is 18.1. The van der Waals surface area contributed by atoms with E-state index in [4.69, 9.17) is 5.11 Å². The van der Waals surface area contributed by atoms with Crippen LogP contribution in [-0.2, 0) is 9.53 Å². The van der Waals surface area contributed by atoms with Gasteiger partial charge in [0, 0.05) is 17.7 Å². The fourth-order valence-corrected chi connectivity index (χ4v) is 1.58. The van der Waals surface area contributed by atoms with E-state index >= 15 is 0 Å². The van der Waals surface area contributed by atoms with Crippen molar-refractivity contribution in [2.45, 2.75) is 25.9 Å². The van der Waals surface area contributed by atoms with Gasteiger partial charge >= 0.3 is 5.97 Å². The van der Waals surface area contributed by atoms with Gasteiger partial charge in [0.2, 0.25) is 0 Å². The van der Waals surface area contributed by atoms with Crippen LogP contribution < -0.4 is 5.32 Å². The minimum atomic E-state index is -0.525. The molecular formula is C12H16FNO3. The van der Waals surface area contributed by atoms with Crippen LogP contribution in [-0.4, -0.2) is 24.2 Å². The van der Waals surface area contributed by atoms with Crippen LogP contribution in [0.2, 0.25) is 0 Å². The molecule has 2 N–H and O–H groups in total. The third kappa shape index (κ3) is 3.42. The number of methoxy groups -OCH3 is 1. The Hall–Kier alpha value is -1.62. The van der Waals surface area contributed by atoms with Crippen molar-refractivity contribution in [1.82, 2.24) is 5.32 Å². The molecule has 0 saturated heterocycles. The SMILES string of the molecule is COC(=O)C(C)NC(C)c1ccc(O)cc1F. The molecular weight excluding hydrogens is 225 g/mol. The molecule has 0 aromatic heterocycles. The van der Waals surface area contributed by atoms with Crippen LogP contribution in [0.4, 0.5) is 4.39 Å². The number of halogens is 1. The fraction of sp³-hybridized carbons (Fsp3) is 0.417. The minimum absolute atomic E-state index is 0.125. The van der Waals surface area contributed by atoms with Gasteiger partial charge in [-0.1, -0.05) is 6.07 Å². The number of carbonyl (C=O) groups excluding carboxylic acids is 1. The number of esters is 1. The van der Waals surface area contributed by atoms with Gasteiger partial charge in [0.25, 0.3) is 0 Å². The number of phenols is 1. The molecule has 17 heavy (non-hydrogen) atoms. The third-order valence-electron chi connectivity index (χ3n) is 2.51. The van der Waals surface area contributed by atoms with Crippen LogP contribution in [0, 0.1) is 5.82 Å². The normalized spacial score (nSPS) is 14.1. The summed E-state index contributed by atoms with van der Waals surface area (Å²) in [4.78, 5) is 11.2. The molecule has 0 aliphatic rings. The van der Waals surface area contributed by atoms with E-state index in [1.807, 2.05) is 0 Å². The Balaban J connectivity index is 2.76. The maximum absolute atomic E-state index is 13.5. The van der Waals surface area contributed by atoms with E-state index in [-0.39, 0.29) is 11.8 Å². The maximum atomic E-state index is 13.5. The average Bonchev–Trinajstić information content (AvgIpc) is 2.27. The van der Waals surface area contributed by atoms with Gasteiger partial charge in [0.15, 0.2) is 0 Å². The van der Waals surface area contributed by atoms with Crippen molar-refractivity contribution in [3.8, 4) is 5.75 Å². The zero-order valence-electron chi connectivity index (χ0n) is 10.0. The lowest BCUT2D eigenvalue weighted by atomic mass is 10.1. The van der Waals surface area contributed by atoms with Gasteiger partial charge in [0.05, 0.1) is 7.11 Å². The van der Waals surface area contributed by atoms with Gasteiger partial charge in [-0.05, 0) is 19.9 Å². The van der Waals surface area contributed by atoms with Gasteiger partial charge in [-0.2, -0.15) is 0 Å². The second-order valence-corrected chi connectivity index (χ2v) is 3.84. The summed E-state index contributed by atoms with van der Waals surface area (Å²) in [7, 11) is 1.30. The summed E-state index contributed by atoms with van der Waals surface area (Å²) in [5.74, 6) is -1.04. The van der Waals surface area contributed by atoms with Crippen molar-refractivity contribution in [1.29, 1.82) is 0 Å². The lowest BCUT2D eigenvalue weighted by Crippen LogP contribution is -2.36. The number of aromatic hydroxyl groups is 1. The summed E-state index contributed by atoms with van der Waals surface area (Å²) in [6.45, 7) is 3.37. The second-order valence-electron chi connectivity index (χ2n) is 3.84. The van der Waals surface area contributed by atoms with Crippen LogP contribution in [0.25, 0.3) is 0 Å². The van der Waals surface area contributed by atoms with E-state index in [2.05, 4.69) is 10.1 Å². The molecule has 0 radical (unpaired) electrons. The standard InChI is InChI=1S/C12H16FNO3/c1-7(14-8(2)12(16)17-3)10-5-4-9(15)6-11(10)13/h4-8,14-15H,1-3H3. The molecule has 0 spiro atoms. The van der Waals surface area contributed by atoms with Crippen LogP contribution >= 0.6 is 0 Å². The van der Waals surface area contributed by atoms with E-state index in [0.717, 1.165) is 6.07 Å². The van der Waals surface area contributed by atoms with Gasteiger partial charge < -0.3 is 9.84 Å². The molecule has 4 nitrogen and oxygen atoms in total. The van der Waals surface area contributed by atoms with Crippen molar-refractivity contribution in [3.05, 3.63) is 29.6 Å². The van der Waals surface area contributed by atoms with Crippen LogP contribution in [0.1, 0.15) is 25.5 Å². The Morgan fingerprint density at radius 2 is 2.12 bits per heavy atom. The minimum Gasteiger partial charge on any atom is -0.508 e. The van der Waals surface area contributed by atoms with Crippen molar-refractivity contribution in [3.63, 3.8) is 0 Å². The molecule has 0 bridgehead atoms. The lowest BCUT2D eigenvalue weighted by Gasteiger charge is -2.19. The van der Waals surface area contributed by atoms with Gasteiger partial charge in [0.1, 0.15) is 17.6 Å². The number of nitrogens with one attached hydrogen (secondary N) is 1. The smallest absolute Gasteiger partial charge is 0.322 e. The van der Waals surface area contributed by atoms with Crippen molar-refractivity contribution in [2.75, 3.05) is 7.11 Å². The summed E-state index contributed by atoms with van der Waals surface area (Å²) in [5, 5.41) is 12.0. The van der Waals surface area contributed by atoms with E-state index in [1.54, 1.807) is 13.8 Å². The topological polar surface area (TPSA) is 58.6 Å². The molecule has 1 aromatic carbocycles. The molecule has 0 heterocycles. The molecule has 0 aliphatic heterocycles. The van der Waals surface area contributed by atoms with Crippen LogP contribution in [0.15, 0.2) is 18.2 Å². The number of rotatable bonds is 4. The molecule has 0 amide bonds. The fourth-order valence-electron chi connectivity index (χ4n) is 1.58. The quantitative estimate of drug-likeness (QED) is 0.788. The predicted molar refractivity (Wildman–Crippen MR) is 61.1 cm³/mol. The predicted octanol–water partition coefficient (Wildman–Crippen LogP) is 1.74. The Kier molecular flexibility index (Phi) is 4.45. The monoisotopic (exact) mass is 241 g/mol. The molecule has 1 rings (SSSR count). The molecule has 2 atom stereocenters. The first-order chi connectivity index (χ1) is 7.95. The highest BCUT2D eigenvalue weighted by Crippen LogP contribution is 2.21. The van der Waals surface area contributed by atoms with Gasteiger partial charge in [-0.25, -0.2) is 4.39 Å². The van der Waals surface area contributed by atoms with E-state index in [9.17, 15) is 9.18 Å². The number of phenolic OH excluding ortho intramolecular Hbond substituents is 1. The molecule has 0 fully saturated rings. The largest absolute Gasteiger partial charge is 0.508 e. The van der Waals surface area contributed by atoms with E-state index < -0.39 is 17.8 Å². The number of hydrogen-bond acceptors (Lipinski definition) is 4. The Labute approximate surface area is 99.4 Å². The molecule has 5 heteroatoms. The first-order valence-corrected chi connectivity index (χ1v) is 5.28. The Bertz CT molecular complexity index is 409. The molecule has 0 aliphatic carbocycles. The third-order valence-corrected chi connectivity index (χ3v) is 2.51.